The number of benzene rings is 1. The zero-order valence-electron chi connectivity index (χ0n) is 15.1. The molecule has 0 spiro atoms. The van der Waals surface area contributed by atoms with E-state index in [4.69, 9.17) is 4.42 Å². The fraction of sp³-hybridized carbons (Fsp3) is 0.316. The summed E-state index contributed by atoms with van der Waals surface area (Å²) in [5.41, 5.74) is 3.09. The number of nitrogens with zero attached hydrogens (tertiary/aromatic N) is 4. The average molecular weight is 383 g/mol. The highest BCUT2D eigenvalue weighted by Gasteiger charge is 2.28. The van der Waals surface area contributed by atoms with E-state index in [0.717, 1.165) is 12.8 Å². The molecule has 1 aromatic carbocycles. The van der Waals surface area contributed by atoms with Crippen molar-refractivity contribution < 1.29 is 18.3 Å². The van der Waals surface area contributed by atoms with Gasteiger partial charge in [-0.05, 0) is 30.9 Å². The molecule has 0 bridgehead atoms. The molecule has 144 valence electrons. The minimum Gasteiger partial charge on any atom is -0.463 e. The zero-order valence-corrected chi connectivity index (χ0v) is 15.1. The van der Waals surface area contributed by atoms with Crippen LogP contribution >= 0.6 is 0 Å². The number of halogens is 1. The number of anilines is 1. The van der Waals surface area contributed by atoms with Crippen LogP contribution in [0, 0.1) is 0 Å². The number of hydrogen-bond donors (Lipinski definition) is 1. The van der Waals surface area contributed by atoms with Gasteiger partial charge in [-0.25, -0.2) is 19.2 Å². The Bertz CT molecular complexity index is 951. The first kappa shape index (κ1) is 18.0. The van der Waals surface area contributed by atoms with Gasteiger partial charge in [0.2, 0.25) is 5.95 Å². The molecule has 1 N–H and O–H groups in total. The lowest BCUT2D eigenvalue weighted by Crippen LogP contribution is -2.20. The molecular formula is C19H18FN5O3. The van der Waals surface area contributed by atoms with Gasteiger partial charge in [0.1, 0.15) is 0 Å². The van der Waals surface area contributed by atoms with Crippen molar-refractivity contribution in [3.05, 3.63) is 53.7 Å². The number of alkyl halides is 1. The molecule has 3 aromatic rings. The highest BCUT2D eigenvalue weighted by atomic mass is 19.1. The maximum absolute atomic E-state index is 13.9. The summed E-state index contributed by atoms with van der Waals surface area (Å²) in [6, 6.07) is 8.56. The van der Waals surface area contributed by atoms with Gasteiger partial charge in [-0.2, -0.15) is 0 Å². The molecule has 0 radical (unpaired) electrons. The highest BCUT2D eigenvalue weighted by molar-refractivity contribution is 5.75. The second-order valence-electron chi connectivity index (χ2n) is 6.37. The van der Waals surface area contributed by atoms with Crippen LogP contribution in [-0.2, 0) is 22.4 Å². The molecule has 28 heavy (non-hydrogen) atoms. The third-order valence-corrected chi connectivity index (χ3v) is 4.43. The average Bonchev–Trinajstić information content (AvgIpc) is 3.35. The fourth-order valence-corrected chi connectivity index (χ4v) is 3.13. The van der Waals surface area contributed by atoms with Gasteiger partial charge in [-0.15, -0.1) is 10.2 Å². The lowest BCUT2D eigenvalue weighted by atomic mass is 10.1. The van der Waals surface area contributed by atoms with Crippen molar-refractivity contribution in [3.8, 4) is 11.5 Å². The van der Waals surface area contributed by atoms with E-state index in [0.29, 0.717) is 11.5 Å². The number of fused-ring (bicyclic) bond motifs is 1. The smallest absolute Gasteiger partial charge is 0.350 e. The van der Waals surface area contributed by atoms with Gasteiger partial charge < -0.3 is 14.5 Å². The maximum Gasteiger partial charge on any atom is 0.350 e. The molecule has 2 aromatic heterocycles. The second kappa shape index (κ2) is 7.71. The summed E-state index contributed by atoms with van der Waals surface area (Å²) in [5, 5.41) is 10.6. The van der Waals surface area contributed by atoms with Crippen LogP contribution < -0.4 is 5.32 Å². The van der Waals surface area contributed by atoms with Gasteiger partial charge in [0.05, 0.1) is 12.2 Å². The van der Waals surface area contributed by atoms with E-state index in [1.165, 1.54) is 23.5 Å². The Hall–Kier alpha value is -3.36. The van der Waals surface area contributed by atoms with Crippen LogP contribution in [0.3, 0.4) is 0 Å². The molecule has 0 fully saturated rings. The molecule has 1 atom stereocenters. The molecule has 1 aliphatic carbocycles. The topological polar surface area (TPSA) is 103 Å². The Morgan fingerprint density at radius 3 is 2.57 bits per heavy atom. The van der Waals surface area contributed by atoms with Crippen molar-refractivity contribution >= 4 is 11.9 Å². The molecule has 0 saturated heterocycles. The largest absolute Gasteiger partial charge is 0.463 e. The highest BCUT2D eigenvalue weighted by Crippen LogP contribution is 2.25. The Balaban J connectivity index is 1.41. The molecule has 9 heteroatoms. The standard InChI is InChI=1S/C19H18FN5O3/c1-2-27-18(26)15(20)17-25-24-16(28-17)13-9-21-19(22-10-13)23-14-7-11-5-3-4-6-12(11)8-14/h3-6,9-10,14-15H,2,7-8H2,1H3,(H,21,22,23). The summed E-state index contributed by atoms with van der Waals surface area (Å²) < 4.78 is 23.8. The van der Waals surface area contributed by atoms with E-state index in [-0.39, 0.29) is 18.5 Å². The third-order valence-electron chi connectivity index (χ3n) is 4.43. The Morgan fingerprint density at radius 2 is 1.93 bits per heavy atom. The van der Waals surface area contributed by atoms with E-state index >= 15 is 0 Å². The van der Waals surface area contributed by atoms with Crippen molar-refractivity contribution in [2.24, 2.45) is 0 Å². The Labute approximate surface area is 160 Å². The number of hydrogen-bond acceptors (Lipinski definition) is 8. The summed E-state index contributed by atoms with van der Waals surface area (Å²) in [6.07, 6.45) is 2.73. The van der Waals surface area contributed by atoms with E-state index < -0.39 is 18.0 Å². The summed E-state index contributed by atoms with van der Waals surface area (Å²) in [6.45, 7) is 1.65. The Morgan fingerprint density at radius 1 is 1.25 bits per heavy atom. The molecule has 1 unspecified atom stereocenters. The van der Waals surface area contributed by atoms with Crippen LogP contribution in [-0.4, -0.2) is 38.8 Å². The van der Waals surface area contributed by atoms with E-state index in [1.54, 1.807) is 6.92 Å². The summed E-state index contributed by atoms with van der Waals surface area (Å²) in [4.78, 5) is 20.0. The lowest BCUT2D eigenvalue weighted by molar-refractivity contribution is -0.150. The van der Waals surface area contributed by atoms with Crippen molar-refractivity contribution in [2.75, 3.05) is 11.9 Å². The first-order valence-corrected chi connectivity index (χ1v) is 8.94. The SMILES string of the molecule is CCOC(=O)C(F)c1nnc(-c2cnc(NC3Cc4ccccc4C3)nc2)o1. The molecule has 0 aliphatic heterocycles. The van der Waals surface area contributed by atoms with Crippen LogP contribution in [0.2, 0.25) is 0 Å². The lowest BCUT2D eigenvalue weighted by Gasteiger charge is -2.11. The first-order valence-electron chi connectivity index (χ1n) is 8.94. The number of rotatable bonds is 6. The molecule has 8 nitrogen and oxygen atoms in total. The molecule has 1 aliphatic rings. The molecule has 0 amide bonds. The molecule has 0 saturated carbocycles. The first-order chi connectivity index (χ1) is 13.6. The predicted octanol–water partition coefficient (Wildman–Crippen LogP) is 2.68. The zero-order chi connectivity index (χ0) is 19.5. The van der Waals surface area contributed by atoms with Crippen molar-refractivity contribution in [3.63, 3.8) is 0 Å². The van der Waals surface area contributed by atoms with Gasteiger partial charge in [0, 0.05) is 18.4 Å². The maximum atomic E-state index is 13.9. The number of aromatic nitrogens is 4. The van der Waals surface area contributed by atoms with Crippen molar-refractivity contribution in [2.45, 2.75) is 32.0 Å². The van der Waals surface area contributed by atoms with Gasteiger partial charge in [0.25, 0.3) is 18.0 Å². The number of carbonyl (C=O) groups is 1. The number of esters is 1. The minimum atomic E-state index is -2.12. The minimum absolute atomic E-state index is 0.0294. The van der Waals surface area contributed by atoms with Crippen LogP contribution in [0.15, 0.2) is 41.1 Å². The van der Waals surface area contributed by atoms with Crippen LogP contribution in [0.5, 0.6) is 0 Å². The van der Waals surface area contributed by atoms with Crippen LogP contribution in [0.4, 0.5) is 10.3 Å². The Kier molecular flexibility index (Phi) is 4.96. The number of ether oxygens (including phenoxy) is 1. The van der Waals surface area contributed by atoms with Crippen molar-refractivity contribution in [1.82, 2.24) is 20.2 Å². The monoisotopic (exact) mass is 383 g/mol. The fourth-order valence-electron chi connectivity index (χ4n) is 3.13. The predicted molar refractivity (Wildman–Crippen MR) is 97.1 cm³/mol. The van der Waals surface area contributed by atoms with Crippen LogP contribution in [0.25, 0.3) is 11.5 Å². The number of carbonyl (C=O) groups excluding carboxylic acids is 1. The molecule has 4 rings (SSSR count). The van der Waals surface area contributed by atoms with Gasteiger partial charge in [-0.3, -0.25) is 0 Å². The molecule has 2 heterocycles. The normalized spacial score (nSPS) is 14.5. The van der Waals surface area contributed by atoms with E-state index in [2.05, 4.69) is 42.4 Å². The van der Waals surface area contributed by atoms with E-state index in [1.807, 2.05) is 12.1 Å². The second-order valence-corrected chi connectivity index (χ2v) is 6.37. The van der Waals surface area contributed by atoms with Crippen LogP contribution in [0.1, 0.15) is 30.1 Å². The van der Waals surface area contributed by atoms with E-state index in [9.17, 15) is 9.18 Å². The summed E-state index contributed by atoms with van der Waals surface area (Å²) in [5.74, 6) is -1.01. The quantitative estimate of drug-likeness (QED) is 0.648. The van der Waals surface area contributed by atoms with Gasteiger partial charge in [-0.1, -0.05) is 24.3 Å². The summed E-state index contributed by atoms with van der Waals surface area (Å²) in [7, 11) is 0. The summed E-state index contributed by atoms with van der Waals surface area (Å²) >= 11 is 0. The van der Waals surface area contributed by atoms with Gasteiger partial charge in [0.15, 0.2) is 0 Å². The van der Waals surface area contributed by atoms with Gasteiger partial charge >= 0.3 is 5.97 Å². The third kappa shape index (κ3) is 3.68. The number of nitrogens with one attached hydrogen (secondary N) is 1. The van der Waals surface area contributed by atoms with Crippen molar-refractivity contribution in [1.29, 1.82) is 0 Å². The molecular weight excluding hydrogens is 365 g/mol.